The van der Waals surface area contributed by atoms with Crippen molar-refractivity contribution in [3.05, 3.63) is 15.6 Å². The van der Waals surface area contributed by atoms with Gasteiger partial charge >= 0.3 is 0 Å². The summed E-state index contributed by atoms with van der Waals surface area (Å²) in [6.45, 7) is 6.99. The molecule has 1 aromatic heterocycles. The summed E-state index contributed by atoms with van der Waals surface area (Å²) in [6, 6.07) is 0. The Balaban J connectivity index is 2.51. The van der Waals surface area contributed by atoms with Crippen molar-refractivity contribution in [2.24, 2.45) is 0 Å². The van der Waals surface area contributed by atoms with Gasteiger partial charge in [0, 0.05) is 18.5 Å². The maximum atomic E-state index is 5.17. The summed E-state index contributed by atoms with van der Waals surface area (Å²) >= 11 is 1.80. The van der Waals surface area contributed by atoms with Gasteiger partial charge in [-0.3, -0.25) is 0 Å². The second-order valence-corrected chi connectivity index (χ2v) is 4.96. The second kappa shape index (κ2) is 7.76. The molecule has 4 heteroatoms. The zero-order valence-corrected chi connectivity index (χ0v) is 11.3. The highest BCUT2D eigenvalue weighted by atomic mass is 32.1. The van der Waals surface area contributed by atoms with E-state index in [2.05, 4.69) is 24.1 Å². The molecule has 0 saturated carbocycles. The van der Waals surface area contributed by atoms with E-state index in [0.717, 1.165) is 25.2 Å². The number of ether oxygens (including phenoxy) is 1. The van der Waals surface area contributed by atoms with Crippen LogP contribution in [0.4, 0.5) is 0 Å². The molecular formula is C12H22N2OS. The van der Waals surface area contributed by atoms with Crippen molar-refractivity contribution in [2.75, 3.05) is 13.7 Å². The smallest absolute Gasteiger partial charge is 0.0929 e. The van der Waals surface area contributed by atoms with Gasteiger partial charge in [-0.25, -0.2) is 4.98 Å². The lowest BCUT2D eigenvalue weighted by Crippen LogP contribution is -2.14. The molecule has 0 saturated heterocycles. The molecule has 16 heavy (non-hydrogen) atoms. The van der Waals surface area contributed by atoms with Crippen LogP contribution in [0, 0.1) is 0 Å². The molecular weight excluding hydrogens is 220 g/mol. The van der Waals surface area contributed by atoms with Crippen molar-refractivity contribution in [1.29, 1.82) is 0 Å². The van der Waals surface area contributed by atoms with E-state index in [1.54, 1.807) is 18.4 Å². The van der Waals surface area contributed by atoms with Crippen molar-refractivity contribution in [2.45, 2.75) is 46.3 Å². The Hall–Kier alpha value is -0.450. The number of rotatable bonds is 8. The first-order valence-corrected chi connectivity index (χ1v) is 6.80. The molecule has 1 aromatic rings. The van der Waals surface area contributed by atoms with Crippen molar-refractivity contribution in [3.63, 3.8) is 0 Å². The first-order chi connectivity index (χ1) is 7.81. The molecule has 0 aliphatic rings. The van der Waals surface area contributed by atoms with Crippen LogP contribution in [0.5, 0.6) is 0 Å². The molecule has 1 N–H and O–H groups in total. The van der Waals surface area contributed by atoms with Crippen LogP contribution in [0.15, 0.2) is 0 Å². The molecule has 0 radical (unpaired) electrons. The first kappa shape index (κ1) is 13.6. The Bertz CT molecular complexity index is 299. The highest BCUT2D eigenvalue weighted by Crippen LogP contribution is 2.19. The Kier molecular flexibility index (Phi) is 6.61. The lowest BCUT2D eigenvalue weighted by atomic mass is 10.3. The SMILES string of the molecule is CCCCNCc1sc(CC)nc1COC. The molecule has 0 aliphatic carbocycles. The summed E-state index contributed by atoms with van der Waals surface area (Å²) < 4.78 is 5.17. The van der Waals surface area contributed by atoms with E-state index in [-0.39, 0.29) is 0 Å². The van der Waals surface area contributed by atoms with Gasteiger partial charge in [-0.15, -0.1) is 11.3 Å². The number of hydrogen-bond donors (Lipinski definition) is 1. The third-order valence-corrected chi connectivity index (χ3v) is 3.64. The van der Waals surface area contributed by atoms with Gasteiger partial charge in [0.1, 0.15) is 0 Å². The van der Waals surface area contributed by atoms with Gasteiger partial charge < -0.3 is 10.1 Å². The van der Waals surface area contributed by atoms with Crippen LogP contribution in [0.1, 0.15) is 42.3 Å². The van der Waals surface area contributed by atoms with Crippen LogP contribution in [0.3, 0.4) is 0 Å². The van der Waals surface area contributed by atoms with Gasteiger partial charge in [-0.05, 0) is 19.4 Å². The number of thiazole rings is 1. The van der Waals surface area contributed by atoms with Crippen LogP contribution >= 0.6 is 11.3 Å². The fraction of sp³-hybridized carbons (Fsp3) is 0.750. The fourth-order valence-electron chi connectivity index (χ4n) is 1.48. The zero-order chi connectivity index (χ0) is 11.8. The Morgan fingerprint density at radius 3 is 2.81 bits per heavy atom. The molecule has 0 atom stereocenters. The number of aromatic nitrogens is 1. The number of hydrogen-bond acceptors (Lipinski definition) is 4. The maximum Gasteiger partial charge on any atom is 0.0929 e. The van der Waals surface area contributed by atoms with E-state index in [4.69, 9.17) is 4.74 Å². The molecule has 0 spiro atoms. The van der Waals surface area contributed by atoms with Crippen molar-refractivity contribution in [1.82, 2.24) is 10.3 Å². The van der Waals surface area contributed by atoms with Crippen molar-refractivity contribution >= 4 is 11.3 Å². The fourth-order valence-corrected chi connectivity index (χ4v) is 2.46. The first-order valence-electron chi connectivity index (χ1n) is 5.98. The minimum Gasteiger partial charge on any atom is -0.378 e. The largest absolute Gasteiger partial charge is 0.378 e. The van der Waals surface area contributed by atoms with Crippen molar-refractivity contribution < 1.29 is 4.74 Å². The van der Waals surface area contributed by atoms with Crippen LogP contribution < -0.4 is 5.32 Å². The molecule has 0 unspecified atom stereocenters. The quantitative estimate of drug-likeness (QED) is 0.712. The molecule has 0 amide bonds. The average molecular weight is 242 g/mol. The summed E-state index contributed by atoms with van der Waals surface area (Å²) in [5.74, 6) is 0. The zero-order valence-electron chi connectivity index (χ0n) is 10.5. The molecule has 0 aliphatic heterocycles. The Labute approximate surface area is 102 Å². The van der Waals surface area contributed by atoms with E-state index in [1.165, 1.54) is 22.7 Å². The number of nitrogens with zero attached hydrogens (tertiary/aromatic N) is 1. The van der Waals surface area contributed by atoms with Crippen LogP contribution in [-0.2, 0) is 24.3 Å². The summed E-state index contributed by atoms with van der Waals surface area (Å²) in [4.78, 5) is 5.90. The van der Waals surface area contributed by atoms with E-state index < -0.39 is 0 Å². The maximum absolute atomic E-state index is 5.17. The number of aryl methyl sites for hydroxylation is 1. The predicted octanol–water partition coefficient (Wildman–Crippen LogP) is 2.74. The molecule has 92 valence electrons. The predicted molar refractivity (Wildman–Crippen MR) is 68.8 cm³/mol. The summed E-state index contributed by atoms with van der Waals surface area (Å²) in [5.41, 5.74) is 1.10. The van der Waals surface area contributed by atoms with Crippen LogP contribution in [0.25, 0.3) is 0 Å². The minimum atomic E-state index is 0.626. The number of nitrogens with one attached hydrogen (secondary N) is 1. The number of methoxy groups -OCH3 is 1. The van der Waals surface area contributed by atoms with Gasteiger partial charge in [0.05, 0.1) is 17.3 Å². The Morgan fingerprint density at radius 1 is 1.38 bits per heavy atom. The Morgan fingerprint density at radius 2 is 2.19 bits per heavy atom. The lowest BCUT2D eigenvalue weighted by Gasteiger charge is -2.03. The monoisotopic (exact) mass is 242 g/mol. The highest BCUT2D eigenvalue weighted by molar-refractivity contribution is 7.11. The lowest BCUT2D eigenvalue weighted by molar-refractivity contribution is 0.181. The van der Waals surface area contributed by atoms with Crippen LogP contribution in [-0.4, -0.2) is 18.6 Å². The number of unbranched alkanes of at least 4 members (excludes halogenated alkanes) is 1. The third kappa shape index (κ3) is 4.20. The molecule has 3 nitrogen and oxygen atoms in total. The molecule has 0 fully saturated rings. The third-order valence-electron chi connectivity index (χ3n) is 2.40. The average Bonchev–Trinajstić information content (AvgIpc) is 2.68. The summed E-state index contributed by atoms with van der Waals surface area (Å²) in [5, 5.41) is 4.66. The molecule has 1 rings (SSSR count). The molecule has 1 heterocycles. The van der Waals surface area contributed by atoms with Gasteiger partial charge in [0.2, 0.25) is 0 Å². The van der Waals surface area contributed by atoms with Crippen LogP contribution in [0.2, 0.25) is 0 Å². The normalized spacial score (nSPS) is 10.9. The van der Waals surface area contributed by atoms with Gasteiger partial charge in [-0.2, -0.15) is 0 Å². The van der Waals surface area contributed by atoms with E-state index in [9.17, 15) is 0 Å². The van der Waals surface area contributed by atoms with E-state index in [1.807, 2.05) is 0 Å². The molecule has 0 aromatic carbocycles. The standard InChI is InChI=1S/C12H22N2OS/c1-4-6-7-13-8-11-10(9-15-3)14-12(5-2)16-11/h13H,4-9H2,1-3H3. The van der Waals surface area contributed by atoms with Crippen molar-refractivity contribution in [3.8, 4) is 0 Å². The topological polar surface area (TPSA) is 34.2 Å². The summed E-state index contributed by atoms with van der Waals surface area (Å²) in [7, 11) is 1.72. The molecule has 0 bridgehead atoms. The van der Waals surface area contributed by atoms with E-state index >= 15 is 0 Å². The minimum absolute atomic E-state index is 0.626. The second-order valence-electron chi connectivity index (χ2n) is 3.79. The summed E-state index contributed by atoms with van der Waals surface area (Å²) in [6.07, 6.45) is 3.48. The highest BCUT2D eigenvalue weighted by Gasteiger charge is 2.09. The van der Waals surface area contributed by atoms with E-state index in [0.29, 0.717) is 6.61 Å². The van der Waals surface area contributed by atoms with Gasteiger partial charge in [0.15, 0.2) is 0 Å². The van der Waals surface area contributed by atoms with Gasteiger partial charge in [0.25, 0.3) is 0 Å². The van der Waals surface area contributed by atoms with Gasteiger partial charge in [-0.1, -0.05) is 20.3 Å².